The van der Waals surface area contributed by atoms with Crippen LogP contribution in [0.2, 0.25) is 0 Å². The standard InChI is InChI=1S/C15H14O5/c1-19-12-5-2-10(3-6-12)9-20-15(18)13-7-4-11(16)8-14(13)17/h2-8,16-17H,9H2,1H3. The Morgan fingerprint density at radius 3 is 2.40 bits per heavy atom. The molecule has 0 heterocycles. The predicted molar refractivity (Wildman–Crippen MR) is 71.9 cm³/mol. The topological polar surface area (TPSA) is 76.0 Å². The zero-order chi connectivity index (χ0) is 14.5. The number of phenols is 2. The highest BCUT2D eigenvalue weighted by atomic mass is 16.5. The summed E-state index contributed by atoms with van der Waals surface area (Å²) in [7, 11) is 1.57. The van der Waals surface area contributed by atoms with Crippen molar-refractivity contribution in [3.63, 3.8) is 0 Å². The normalized spacial score (nSPS) is 10.1. The first-order valence-electron chi connectivity index (χ1n) is 5.92. The molecule has 2 rings (SSSR count). The first-order valence-corrected chi connectivity index (χ1v) is 5.92. The van der Waals surface area contributed by atoms with Crippen LogP contribution in [0.15, 0.2) is 42.5 Å². The molecule has 0 radical (unpaired) electrons. The van der Waals surface area contributed by atoms with E-state index in [9.17, 15) is 9.90 Å². The van der Waals surface area contributed by atoms with Crippen molar-refractivity contribution in [1.29, 1.82) is 0 Å². The van der Waals surface area contributed by atoms with Gasteiger partial charge in [-0.3, -0.25) is 0 Å². The zero-order valence-corrected chi connectivity index (χ0v) is 10.9. The molecule has 0 saturated heterocycles. The van der Waals surface area contributed by atoms with Crippen LogP contribution < -0.4 is 4.74 Å². The van der Waals surface area contributed by atoms with E-state index in [0.717, 1.165) is 17.4 Å². The molecule has 5 heteroatoms. The molecule has 0 aliphatic rings. The van der Waals surface area contributed by atoms with Gasteiger partial charge in [0.25, 0.3) is 0 Å². The van der Waals surface area contributed by atoms with E-state index in [1.165, 1.54) is 12.1 Å². The van der Waals surface area contributed by atoms with Gasteiger partial charge in [0.15, 0.2) is 0 Å². The summed E-state index contributed by atoms with van der Waals surface area (Å²) >= 11 is 0. The Morgan fingerprint density at radius 1 is 1.10 bits per heavy atom. The number of carbonyl (C=O) groups excluding carboxylic acids is 1. The molecule has 0 fully saturated rings. The third kappa shape index (κ3) is 3.20. The van der Waals surface area contributed by atoms with Crippen LogP contribution in [0.1, 0.15) is 15.9 Å². The minimum atomic E-state index is -0.654. The molecule has 0 saturated carbocycles. The van der Waals surface area contributed by atoms with Gasteiger partial charge < -0.3 is 19.7 Å². The Hall–Kier alpha value is -2.69. The van der Waals surface area contributed by atoms with Crippen molar-refractivity contribution in [2.45, 2.75) is 6.61 Å². The Kier molecular flexibility index (Phi) is 4.10. The Bertz CT molecular complexity index is 604. The fraction of sp³-hybridized carbons (Fsp3) is 0.133. The molecule has 104 valence electrons. The molecule has 0 aromatic heterocycles. The van der Waals surface area contributed by atoms with Gasteiger partial charge in [0.2, 0.25) is 0 Å². The van der Waals surface area contributed by atoms with Gasteiger partial charge in [-0.1, -0.05) is 12.1 Å². The summed E-state index contributed by atoms with van der Waals surface area (Å²) < 4.78 is 10.1. The molecule has 2 aromatic carbocycles. The molecule has 0 atom stereocenters. The summed E-state index contributed by atoms with van der Waals surface area (Å²) in [5.41, 5.74) is 0.814. The fourth-order valence-electron chi connectivity index (χ4n) is 1.64. The summed E-state index contributed by atoms with van der Waals surface area (Å²) in [4.78, 5) is 11.8. The third-order valence-corrected chi connectivity index (χ3v) is 2.73. The van der Waals surface area contributed by atoms with Crippen LogP contribution in [0.4, 0.5) is 0 Å². The van der Waals surface area contributed by atoms with Crippen LogP contribution in [0.5, 0.6) is 17.2 Å². The SMILES string of the molecule is COc1ccc(COC(=O)c2ccc(O)cc2O)cc1. The molecule has 0 aliphatic carbocycles. The van der Waals surface area contributed by atoms with Gasteiger partial charge in [-0.05, 0) is 29.8 Å². The van der Waals surface area contributed by atoms with Crippen LogP contribution in [0, 0.1) is 0 Å². The molecule has 5 nitrogen and oxygen atoms in total. The summed E-state index contributed by atoms with van der Waals surface area (Å²) in [6.45, 7) is 0.0865. The molecular weight excluding hydrogens is 260 g/mol. The Balaban J connectivity index is 2.00. The van der Waals surface area contributed by atoms with E-state index in [1.807, 2.05) is 0 Å². The van der Waals surface area contributed by atoms with Crippen molar-refractivity contribution in [1.82, 2.24) is 0 Å². The van der Waals surface area contributed by atoms with Crippen molar-refractivity contribution >= 4 is 5.97 Å². The molecular formula is C15H14O5. The van der Waals surface area contributed by atoms with Gasteiger partial charge in [0.05, 0.1) is 7.11 Å². The van der Waals surface area contributed by atoms with Gasteiger partial charge >= 0.3 is 5.97 Å². The van der Waals surface area contributed by atoms with Crippen molar-refractivity contribution in [2.75, 3.05) is 7.11 Å². The average Bonchev–Trinajstić information content (AvgIpc) is 2.45. The van der Waals surface area contributed by atoms with Gasteiger partial charge in [-0.15, -0.1) is 0 Å². The van der Waals surface area contributed by atoms with E-state index in [0.29, 0.717) is 0 Å². The van der Waals surface area contributed by atoms with Crippen LogP contribution in [-0.2, 0) is 11.3 Å². The number of esters is 1. The maximum absolute atomic E-state index is 11.8. The second kappa shape index (κ2) is 5.97. The Morgan fingerprint density at radius 2 is 1.80 bits per heavy atom. The van der Waals surface area contributed by atoms with E-state index in [4.69, 9.17) is 14.6 Å². The van der Waals surface area contributed by atoms with E-state index in [2.05, 4.69) is 0 Å². The first kappa shape index (κ1) is 13.7. The highest BCUT2D eigenvalue weighted by Crippen LogP contribution is 2.23. The van der Waals surface area contributed by atoms with Crippen LogP contribution >= 0.6 is 0 Å². The summed E-state index contributed by atoms with van der Waals surface area (Å²) in [5, 5.41) is 18.7. The van der Waals surface area contributed by atoms with Crippen molar-refractivity contribution in [3.05, 3.63) is 53.6 Å². The Labute approximate surface area is 116 Å². The number of hydrogen-bond acceptors (Lipinski definition) is 5. The maximum atomic E-state index is 11.8. The molecule has 0 aliphatic heterocycles. The van der Waals surface area contributed by atoms with Crippen LogP contribution in [-0.4, -0.2) is 23.3 Å². The number of benzene rings is 2. The minimum absolute atomic E-state index is 0.0105. The summed E-state index contributed by atoms with van der Waals surface area (Å²) in [6, 6.07) is 10.8. The van der Waals surface area contributed by atoms with Crippen molar-refractivity contribution < 1.29 is 24.5 Å². The van der Waals surface area contributed by atoms with Gasteiger partial charge in [0, 0.05) is 6.07 Å². The van der Waals surface area contributed by atoms with E-state index in [1.54, 1.807) is 31.4 Å². The van der Waals surface area contributed by atoms with Gasteiger partial charge in [-0.25, -0.2) is 4.79 Å². The van der Waals surface area contributed by atoms with Gasteiger partial charge in [-0.2, -0.15) is 0 Å². The average molecular weight is 274 g/mol. The van der Waals surface area contributed by atoms with Crippen LogP contribution in [0.3, 0.4) is 0 Å². The highest BCUT2D eigenvalue weighted by Gasteiger charge is 2.13. The number of ether oxygens (including phenoxy) is 2. The largest absolute Gasteiger partial charge is 0.508 e. The predicted octanol–water partition coefficient (Wildman–Crippen LogP) is 2.46. The summed E-state index contributed by atoms with van der Waals surface area (Å²) in [5.74, 6) is -0.367. The number of phenolic OH excluding ortho intramolecular Hbond substituents is 2. The maximum Gasteiger partial charge on any atom is 0.342 e. The lowest BCUT2D eigenvalue weighted by Gasteiger charge is -2.07. The molecule has 2 aromatic rings. The van der Waals surface area contributed by atoms with Crippen molar-refractivity contribution in [2.24, 2.45) is 0 Å². The molecule has 0 bridgehead atoms. The van der Waals surface area contributed by atoms with Gasteiger partial charge in [0.1, 0.15) is 29.4 Å². The molecule has 0 spiro atoms. The number of carbonyl (C=O) groups is 1. The zero-order valence-electron chi connectivity index (χ0n) is 10.9. The van der Waals surface area contributed by atoms with E-state index < -0.39 is 5.97 Å². The molecule has 20 heavy (non-hydrogen) atoms. The first-order chi connectivity index (χ1) is 9.60. The number of methoxy groups -OCH3 is 1. The number of hydrogen-bond donors (Lipinski definition) is 2. The molecule has 0 amide bonds. The summed E-state index contributed by atoms with van der Waals surface area (Å²) in [6.07, 6.45) is 0. The number of aromatic hydroxyl groups is 2. The smallest absolute Gasteiger partial charge is 0.342 e. The molecule has 0 unspecified atom stereocenters. The van der Waals surface area contributed by atoms with E-state index >= 15 is 0 Å². The second-order valence-electron chi connectivity index (χ2n) is 4.13. The van der Waals surface area contributed by atoms with E-state index in [-0.39, 0.29) is 23.7 Å². The highest BCUT2D eigenvalue weighted by molar-refractivity contribution is 5.92. The number of rotatable bonds is 4. The molecule has 2 N–H and O–H groups in total. The lowest BCUT2D eigenvalue weighted by molar-refractivity contribution is 0.0469. The lowest BCUT2D eigenvalue weighted by atomic mass is 10.2. The lowest BCUT2D eigenvalue weighted by Crippen LogP contribution is -2.05. The van der Waals surface area contributed by atoms with Crippen molar-refractivity contribution in [3.8, 4) is 17.2 Å². The monoisotopic (exact) mass is 274 g/mol. The minimum Gasteiger partial charge on any atom is -0.508 e. The fourth-order valence-corrected chi connectivity index (χ4v) is 1.64. The second-order valence-corrected chi connectivity index (χ2v) is 4.13. The quantitative estimate of drug-likeness (QED) is 0.837. The third-order valence-electron chi connectivity index (χ3n) is 2.73. The van der Waals surface area contributed by atoms with Crippen LogP contribution in [0.25, 0.3) is 0 Å².